The lowest BCUT2D eigenvalue weighted by Crippen LogP contribution is -2.44. The summed E-state index contributed by atoms with van der Waals surface area (Å²) >= 11 is 0. The minimum atomic E-state index is 0.0212. The predicted molar refractivity (Wildman–Crippen MR) is 109 cm³/mol. The molecule has 1 atom stereocenters. The van der Waals surface area contributed by atoms with Crippen molar-refractivity contribution in [1.82, 2.24) is 20.1 Å². The largest absolute Gasteiger partial charge is 0.383 e. The fourth-order valence-electron chi connectivity index (χ4n) is 3.92. The Balaban J connectivity index is 1.45. The summed E-state index contributed by atoms with van der Waals surface area (Å²) in [5, 5.41) is 2.95. The summed E-state index contributed by atoms with van der Waals surface area (Å²) < 4.78 is 10.4. The summed E-state index contributed by atoms with van der Waals surface area (Å²) in [5.41, 5.74) is 1.66. The standard InChI is InChI=1S/C21H32N4O4/c1-16(15-28-2)23-20(26)14-24-7-5-17(6-8-24)19-4-3-18(13-22-19)21(27)25-9-11-29-12-10-25/h3-4,13,16-17H,5-12,14-15H2,1-2H3,(H,23,26). The van der Waals surface area contributed by atoms with Gasteiger partial charge in [0.05, 0.1) is 31.9 Å². The first-order chi connectivity index (χ1) is 14.1. The molecule has 8 heteroatoms. The lowest BCUT2D eigenvalue weighted by atomic mass is 9.92. The third kappa shape index (κ3) is 6.22. The number of ether oxygens (including phenoxy) is 2. The average Bonchev–Trinajstić information content (AvgIpc) is 2.74. The summed E-state index contributed by atoms with van der Waals surface area (Å²) in [5.74, 6) is 0.433. The Kier molecular flexibility index (Phi) is 7.97. The van der Waals surface area contributed by atoms with Crippen LogP contribution in [0.4, 0.5) is 0 Å². The van der Waals surface area contributed by atoms with Crippen LogP contribution in [0.15, 0.2) is 18.3 Å². The van der Waals surface area contributed by atoms with Crippen molar-refractivity contribution in [3.05, 3.63) is 29.6 Å². The summed E-state index contributed by atoms with van der Waals surface area (Å²) in [7, 11) is 1.63. The molecule has 0 aromatic carbocycles. The Hall–Kier alpha value is -2.03. The van der Waals surface area contributed by atoms with Crippen molar-refractivity contribution in [2.75, 3.05) is 59.7 Å². The van der Waals surface area contributed by atoms with Gasteiger partial charge in [-0.25, -0.2) is 0 Å². The second-order valence-electron chi connectivity index (χ2n) is 7.85. The Morgan fingerprint density at radius 2 is 1.97 bits per heavy atom. The number of nitrogens with zero attached hydrogens (tertiary/aromatic N) is 3. The fourth-order valence-corrected chi connectivity index (χ4v) is 3.92. The van der Waals surface area contributed by atoms with Crippen LogP contribution < -0.4 is 5.32 Å². The first kappa shape index (κ1) is 21.7. The molecular weight excluding hydrogens is 372 g/mol. The average molecular weight is 405 g/mol. The van der Waals surface area contributed by atoms with E-state index in [4.69, 9.17) is 9.47 Å². The fraction of sp³-hybridized carbons (Fsp3) is 0.667. The van der Waals surface area contributed by atoms with Crippen LogP contribution >= 0.6 is 0 Å². The first-order valence-electron chi connectivity index (χ1n) is 10.4. The van der Waals surface area contributed by atoms with Gasteiger partial charge in [-0.1, -0.05) is 0 Å². The molecule has 29 heavy (non-hydrogen) atoms. The van der Waals surface area contributed by atoms with Crippen molar-refractivity contribution in [1.29, 1.82) is 0 Å². The monoisotopic (exact) mass is 404 g/mol. The number of nitrogens with one attached hydrogen (secondary N) is 1. The third-order valence-corrected chi connectivity index (χ3v) is 5.53. The SMILES string of the molecule is COCC(C)NC(=O)CN1CCC(c2ccc(C(=O)N3CCOCC3)cn2)CC1. The van der Waals surface area contributed by atoms with Crippen LogP contribution in [-0.2, 0) is 14.3 Å². The van der Waals surface area contributed by atoms with Gasteiger partial charge in [0.25, 0.3) is 5.91 Å². The molecule has 2 fully saturated rings. The van der Waals surface area contributed by atoms with E-state index in [1.807, 2.05) is 24.0 Å². The Morgan fingerprint density at radius 1 is 1.24 bits per heavy atom. The van der Waals surface area contributed by atoms with E-state index in [0.717, 1.165) is 31.6 Å². The van der Waals surface area contributed by atoms with Crippen LogP contribution in [-0.4, -0.2) is 92.3 Å². The van der Waals surface area contributed by atoms with Gasteiger partial charge >= 0.3 is 0 Å². The van der Waals surface area contributed by atoms with Crippen LogP contribution in [0.1, 0.15) is 41.7 Å². The van der Waals surface area contributed by atoms with E-state index in [2.05, 4.69) is 15.2 Å². The molecule has 0 saturated carbocycles. The van der Waals surface area contributed by atoms with Gasteiger partial charge in [-0.05, 0) is 45.0 Å². The number of aromatic nitrogens is 1. The van der Waals surface area contributed by atoms with Gasteiger partial charge in [-0.2, -0.15) is 0 Å². The van der Waals surface area contributed by atoms with Crippen LogP contribution in [0.3, 0.4) is 0 Å². The Labute approximate surface area is 172 Å². The van der Waals surface area contributed by atoms with E-state index in [1.54, 1.807) is 13.3 Å². The highest BCUT2D eigenvalue weighted by molar-refractivity contribution is 5.94. The van der Waals surface area contributed by atoms with Gasteiger partial charge in [0, 0.05) is 44.0 Å². The molecule has 0 spiro atoms. The maximum Gasteiger partial charge on any atom is 0.255 e. The maximum atomic E-state index is 12.5. The summed E-state index contributed by atoms with van der Waals surface area (Å²) in [6.07, 6.45) is 3.62. The normalized spacial score (nSPS) is 19.7. The molecule has 1 aromatic rings. The van der Waals surface area contributed by atoms with Gasteiger partial charge in [0.15, 0.2) is 0 Å². The molecule has 0 aliphatic carbocycles. The molecule has 160 valence electrons. The van der Waals surface area contributed by atoms with Crippen molar-refractivity contribution in [3.63, 3.8) is 0 Å². The van der Waals surface area contributed by atoms with Gasteiger partial charge in [0.2, 0.25) is 5.91 Å². The first-order valence-corrected chi connectivity index (χ1v) is 10.4. The lowest BCUT2D eigenvalue weighted by molar-refractivity contribution is -0.123. The van der Waals surface area contributed by atoms with Gasteiger partial charge < -0.3 is 19.7 Å². The molecule has 3 heterocycles. The molecular formula is C21H32N4O4. The lowest BCUT2D eigenvalue weighted by Gasteiger charge is -2.31. The van der Waals surface area contributed by atoms with Gasteiger partial charge in [-0.3, -0.25) is 19.5 Å². The quantitative estimate of drug-likeness (QED) is 0.727. The molecule has 3 rings (SSSR count). The van der Waals surface area contributed by atoms with Crippen LogP contribution in [0.2, 0.25) is 0 Å². The van der Waals surface area contributed by atoms with E-state index in [-0.39, 0.29) is 17.9 Å². The van der Waals surface area contributed by atoms with Crippen molar-refractivity contribution >= 4 is 11.8 Å². The molecule has 2 saturated heterocycles. The Bertz CT molecular complexity index is 668. The molecule has 2 aliphatic rings. The summed E-state index contributed by atoms with van der Waals surface area (Å²) in [6, 6.07) is 3.89. The van der Waals surface area contributed by atoms with E-state index in [1.165, 1.54) is 0 Å². The van der Waals surface area contributed by atoms with E-state index in [0.29, 0.717) is 50.9 Å². The zero-order valence-electron chi connectivity index (χ0n) is 17.4. The zero-order chi connectivity index (χ0) is 20.6. The maximum absolute atomic E-state index is 12.5. The molecule has 1 aromatic heterocycles. The molecule has 8 nitrogen and oxygen atoms in total. The number of methoxy groups -OCH3 is 1. The number of pyridine rings is 1. The predicted octanol–water partition coefficient (Wildman–Crippen LogP) is 0.885. The molecule has 2 amide bonds. The molecule has 0 radical (unpaired) electrons. The van der Waals surface area contributed by atoms with Crippen molar-refractivity contribution in [2.24, 2.45) is 0 Å². The van der Waals surface area contributed by atoms with Crippen molar-refractivity contribution < 1.29 is 19.1 Å². The molecule has 2 aliphatic heterocycles. The smallest absolute Gasteiger partial charge is 0.255 e. The van der Waals surface area contributed by atoms with Crippen molar-refractivity contribution in [3.8, 4) is 0 Å². The highest BCUT2D eigenvalue weighted by Crippen LogP contribution is 2.26. The Morgan fingerprint density at radius 3 is 2.59 bits per heavy atom. The highest BCUT2D eigenvalue weighted by Gasteiger charge is 2.24. The number of carbonyl (C=O) groups excluding carboxylic acids is 2. The van der Waals surface area contributed by atoms with Crippen LogP contribution in [0.5, 0.6) is 0 Å². The second-order valence-corrected chi connectivity index (χ2v) is 7.85. The van der Waals surface area contributed by atoms with Crippen LogP contribution in [0.25, 0.3) is 0 Å². The van der Waals surface area contributed by atoms with Gasteiger partial charge in [-0.15, -0.1) is 0 Å². The third-order valence-electron chi connectivity index (χ3n) is 5.53. The number of rotatable bonds is 7. The summed E-state index contributed by atoms with van der Waals surface area (Å²) in [4.78, 5) is 33.2. The second kappa shape index (κ2) is 10.7. The molecule has 0 bridgehead atoms. The van der Waals surface area contributed by atoms with Gasteiger partial charge in [0.1, 0.15) is 0 Å². The minimum absolute atomic E-state index is 0.0212. The summed E-state index contributed by atoms with van der Waals surface area (Å²) in [6.45, 7) is 7.07. The number of hydrogen-bond acceptors (Lipinski definition) is 6. The molecule has 1 N–H and O–H groups in total. The number of morpholine rings is 1. The van der Waals surface area contributed by atoms with Crippen LogP contribution in [0, 0.1) is 0 Å². The number of carbonyl (C=O) groups is 2. The van der Waals surface area contributed by atoms with Crippen molar-refractivity contribution in [2.45, 2.75) is 31.7 Å². The minimum Gasteiger partial charge on any atom is -0.383 e. The highest BCUT2D eigenvalue weighted by atomic mass is 16.5. The number of hydrogen-bond donors (Lipinski definition) is 1. The van der Waals surface area contributed by atoms with E-state index >= 15 is 0 Å². The number of likely N-dealkylation sites (tertiary alicyclic amines) is 1. The molecule has 1 unspecified atom stereocenters. The van der Waals surface area contributed by atoms with E-state index < -0.39 is 0 Å². The number of amides is 2. The van der Waals surface area contributed by atoms with E-state index in [9.17, 15) is 9.59 Å². The topological polar surface area (TPSA) is 84.0 Å². The zero-order valence-corrected chi connectivity index (χ0v) is 17.4. The number of piperidine rings is 1.